The van der Waals surface area contributed by atoms with Gasteiger partial charge in [0.2, 0.25) is 10.0 Å². The van der Waals surface area contributed by atoms with Gasteiger partial charge in [0.1, 0.15) is 0 Å². The van der Waals surface area contributed by atoms with Crippen LogP contribution in [-0.2, 0) is 10.0 Å². The quantitative estimate of drug-likeness (QED) is 0.725. The number of aryl methyl sites for hydroxylation is 1. The Morgan fingerprint density at radius 1 is 1.24 bits per heavy atom. The van der Waals surface area contributed by atoms with E-state index in [0.29, 0.717) is 35.7 Å². The summed E-state index contributed by atoms with van der Waals surface area (Å²) in [6.07, 6.45) is 3.57. The molecule has 0 radical (unpaired) electrons. The summed E-state index contributed by atoms with van der Waals surface area (Å²) in [4.78, 5) is 0.346. The van der Waals surface area contributed by atoms with Crippen molar-refractivity contribution in [2.45, 2.75) is 18.7 Å². The molecule has 1 aromatic carbocycles. The Balaban J connectivity index is 2.22. The van der Waals surface area contributed by atoms with Crippen molar-refractivity contribution >= 4 is 10.0 Å². The smallest absolute Gasteiger partial charge is 0.207 e. The van der Waals surface area contributed by atoms with Gasteiger partial charge in [0, 0.05) is 13.1 Å². The molecular formula is C17H23NO2S. The van der Waals surface area contributed by atoms with Gasteiger partial charge in [0.15, 0.2) is 0 Å². The van der Waals surface area contributed by atoms with Crippen molar-refractivity contribution in [3.8, 4) is 0 Å². The van der Waals surface area contributed by atoms with Crippen LogP contribution in [0.3, 0.4) is 0 Å². The lowest BCUT2D eigenvalue weighted by Crippen LogP contribution is -2.33. The van der Waals surface area contributed by atoms with E-state index in [-0.39, 0.29) is 0 Å². The number of nitrogens with zero attached hydrogens (tertiary/aromatic N) is 1. The first-order chi connectivity index (χ1) is 9.91. The van der Waals surface area contributed by atoms with Gasteiger partial charge >= 0.3 is 0 Å². The molecule has 0 aromatic heterocycles. The first-order valence-electron chi connectivity index (χ1n) is 7.22. The molecule has 0 saturated heterocycles. The molecule has 0 aliphatic heterocycles. The molecule has 0 amide bonds. The minimum atomic E-state index is -3.46. The second-order valence-corrected chi connectivity index (χ2v) is 7.70. The van der Waals surface area contributed by atoms with Crippen LogP contribution in [0, 0.1) is 24.7 Å². The zero-order valence-corrected chi connectivity index (χ0v) is 13.5. The third kappa shape index (κ3) is 3.27. The lowest BCUT2D eigenvalue weighted by molar-refractivity contribution is 0.415. The SMILES string of the molecule is C=CCN(C[C@H]1[C@H](C)[C@@H]1C=C)S(=O)(=O)c1ccc(C)cc1. The van der Waals surface area contributed by atoms with Crippen LogP contribution in [0.1, 0.15) is 12.5 Å². The van der Waals surface area contributed by atoms with E-state index in [1.165, 1.54) is 4.31 Å². The highest BCUT2D eigenvalue weighted by atomic mass is 32.2. The second kappa shape index (κ2) is 6.16. The minimum Gasteiger partial charge on any atom is -0.207 e. The maximum absolute atomic E-state index is 12.8. The highest BCUT2D eigenvalue weighted by Gasteiger charge is 2.46. The molecule has 1 aliphatic rings. The van der Waals surface area contributed by atoms with Crippen molar-refractivity contribution in [2.75, 3.05) is 13.1 Å². The van der Waals surface area contributed by atoms with Gasteiger partial charge < -0.3 is 0 Å². The van der Waals surface area contributed by atoms with Crippen LogP contribution in [0.25, 0.3) is 0 Å². The van der Waals surface area contributed by atoms with E-state index in [4.69, 9.17) is 0 Å². The molecule has 0 spiro atoms. The minimum absolute atomic E-state index is 0.337. The monoisotopic (exact) mass is 305 g/mol. The van der Waals surface area contributed by atoms with Crippen LogP contribution in [0.4, 0.5) is 0 Å². The molecule has 0 N–H and O–H groups in total. The molecular weight excluding hydrogens is 282 g/mol. The average Bonchev–Trinajstić information content (AvgIpc) is 3.07. The van der Waals surface area contributed by atoms with Gasteiger partial charge in [-0.3, -0.25) is 0 Å². The Bertz CT molecular complexity index is 619. The molecule has 0 bridgehead atoms. The van der Waals surface area contributed by atoms with E-state index >= 15 is 0 Å². The number of hydrogen-bond donors (Lipinski definition) is 0. The largest absolute Gasteiger partial charge is 0.243 e. The fourth-order valence-electron chi connectivity index (χ4n) is 2.77. The Labute approximate surface area is 128 Å². The topological polar surface area (TPSA) is 37.4 Å². The van der Waals surface area contributed by atoms with Crippen molar-refractivity contribution in [3.05, 3.63) is 55.1 Å². The predicted octanol–water partition coefficient (Wildman–Crippen LogP) is 3.24. The standard InChI is InChI=1S/C17H23NO2S/c1-5-11-18(12-17-14(4)16(17)6-2)21(19,20)15-9-7-13(3)8-10-15/h5-10,14,16-17H,1-2,11-12H2,3-4H3/t14-,16+,17+/m1/s1. The Kier molecular flexibility index (Phi) is 4.69. The van der Waals surface area contributed by atoms with Crippen LogP contribution in [0.15, 0.2) is 54.5 Å². The molecule has 114 valence electrons. The highest BCUT2D eigenvalue weighted by Crippen LogP contribution is 2.47. The summed E-state index contributed by atoms with van der Waals surface area (Å²) in [6.45, 7) is 12.4. The maximum Gasteiger partial charge on any atom is 0.243 e. The van der Waals surface area contributed by atoms with Crippen LogP contribution >= 0.6 is 0 Å². The highest BCUT2D eigenvalue weighted by molar-refractivity contribution is 7.89. The molecule has 4 heteroatoms. The summed E-state index contributed by atoms with van der Waals surface area (Å²) in [5.41, 5.74) is 1.05. The first kappa shape index (κ1) is 16.0. The number of hydrogen-bond acceptors (Lipinski definition) is 2. The van der Waals surface area contributed by atoms with E-state index < -0.39 is 10.0 Å². The zero-order chi connectivity index (χ0) is 15.6. The van der Waals surface area contributed by atoms with Crippen LogP contribution in [-0.4, -0.2) is 25.8 Å². The molecule has 1 aromatic rings. The molecule has 2 rings (SSSR count). The van der Waals surface area contributed by atoms with Crippen molar-refractivity contribution in [3.63, 3.8) is 0 Å². The fourth-order valence-corrected chi connectivity index (χ4v) is 4.21. The van der Waals surface area contributed by atoms with Crippen LogP contribution in [0.5, 0.6) is 0 Å². The molecule has 1 fully saturated rings. The molecule has 3 nitrogen and oxygen atoms in total. The predicted molar refractivity (Wildman–Crippen MR) is 86.5 cm³/mol. The van der Waals surface area contributed by atoms with Gasteiger partial charge in [-0.15, -0.1) is 13.2 Å². The maximum atomic E-state index is 12.8. The van der Waals surface area contributed by atoms with Gasteiger partial charge in [-0.1, -0.05) is 36.8 Å². The van der Waals surface area contributed by atoms with E-state index in [1.54, 1.807) is 18.2 Å². The van der Waals surface area contributed by atoms with E-state index in [1.807, 2.05) is 25.1 Å². The fraction of sp³-hybridized carbons (Fsp3) is 0.412. The Morgan fingerprint density at radius 2 is 1.86 bits per heavy atom. The normalized spacial score (nSPS) is 24.8. The van der Waals surface area contributed by atoms with Crippen molar-refractivity contribution < 1.29 is 8.42 Å². The zero-order valence-electron chi connectivity index (χ0n) is 12.7. The molecule has 1 aliphatic carbocycles. The molecule has 0 unspecified atom stereocenters. The van der Waals surface area contributed by atoms with Crippen molar-refractivity contribution in [1.29, 1.82) is 0 Å². The third-order valence-electron chi connectivity index (χ3n) is 4.31. The van der Waals surface area contributed by atoms with Gasteiger partial charge in [0.05, 0.1) is 4.90 Å². The Morgan fingerprint density at radius 3 is 2.33 bits per heavy atom. The summed E-state index contributed by atoms with van der Waals surface area (Å²) in [5, 5.41) is 0. The number of sulfonamides is 1. The number of rotatable bonds is 7. The van der Waals surface area contributed by atoms with Gasteiger partial charge in [-0.05, 0) is 36.8 Å². The Hall–Kier alpha value is -1.39. The summed E-state index contributed by atoms with van der Waals surface area (Å²) in [6, 6.07) is 6.99. The number of benzene rings is 1. The lowest BCUT2D eigenvalue weighted by Gasteiger charge is -2.21. The van der Waals surface area contributed by atoms with Crippen LogP contribution in [0.2, 0.25) is 0 Å². The lowest BCUT2D eigenvalue weighted by atomic mass is 10.2. The van der Waals surface area contributed by atoms with E-state index in [9.17, 15) is 8.42 Å². The third-order valence-corrected chi connectivity index (χ3v) is 6.16. The summed E-state index contributed by atoms with van der Waals surface area (Å²) in [5.74, 6) is 1.29. The summed E-state index contributed by atoms with van der Waals surface area (Å²) in [7, 11) is -3.46. The molecule has 3 atom stereocenters. The van der Waals surface area contributed by atoms with Gasteiger partial charge in [-0.25, -0.2) is 8.42 Å². The molecule has 1 saturated carbocycles. The summed E-state index contributed by atoms with van der Waals surface area (Å²) < 4.78 is 27.0. The summed E-state index contributed by atoms with van der Waals surface area (Å²) >= 11 is 0. The first-order valence-corrected chi connectivity index (χ1v) is 8.66. The number of allylic oxidation sites excluding steroid dienone is 1. The molecule has 0 heterocycles. The van der Waals surface area contributed by atoms with Crippen molar-refractivity contribution in [1.82, 2.24) is 4.31 Å². The van der Waals surface area contributed by atoms with Gasteiger partial charge in [0.25, 0.3) is 0 Å². The molecule has 21 heavy (non-hydrogen) atoms. The average molecular weight is 305 g/mol. The van der Waals surface area contributed by atoms with Crippen LogP contribution < -0.4 is 0 Å². The second-order valence-electron chi connectivity index (χ2n) is 5.76. The van der Waals surface area contributed by atoms with E-state index in [0.717, 1.165) is 5.56 Å². The van der Waals surface area contributed by atoms with E-state index in [2.05, 4.69) is 20.1 Å². The van der Waals surface area contributed by atoms with Gasteiger partial charge in [-0.2, -0.15) is 4.31 Å². The van der Waals surface area contributed by atoms with Crippen molar-refractivity contribution in [2.24, 2.45) is 17.8 Å².